The summed E-state index contributed by atoms with van der Waals surface area (Å²) in [6, 6.07) is 5.98. The van der Waals surface area contributed by atoms with E-state index in [2.05, 4.69) is 20.7 Å². The first-order valence-electron chi connectivity index (χ1n) is 5.25. The number of sulfonamides is 1. The van der Waals surface area contributed by atoms with Gasteiger partial charge in [0.25, 0.3) is 0 Å². The van der Waals surface area contributed by atoms with Gasteiger partial charge in [-0.15, -0.1) is 0 Å². The van der Waals surface area contributed by atoms with Crippen molar-refractivity contribution in [2.24, 2.45) is 5.92 Å². The summed E-state index contributed by atoms with van der Waals surface area (Å²) in [4.78, 5) is 0.186. The molecule has 0 aromatic heterocycles. The van der Waals surface area contributed by atoms with Crippen LogP contribution in [-0.2, 0) is 10.0 Å². The van der Waals surface area contributed by atoms with Crippen molar-refractivity contribution in [1.82, 2.24) is 4.72 Å². The quantitative estimate of drug-likeness (QED) is 0.868. The second-order valence-corrected chi connectivity index (χ2v) is 6.74. The summed E-state index contributed by atoms with van der Waals surface area (Å²) in [6.45, 7) is 3.49. The van der Waals surface area contributed by atoms with Crippen molar-refractivity contribution in [3.05, 3.63) is 28.7 Å². The van der Waals surface area contributed by atoms with Gasteiger partial charge < -0.3 is 5.11 Å². The topological polar surface area (TPSA) is 66.4 Å². The summed E-state index contributed by atoms with van der Waals surface area (Å²) in [5.74, 6) is 0.0296. The number of aliphatic hydroxyl groups excluding tert-OH is 1. The highest BCUT2D eigenvalue weighted by Crippen LogP contribution is 2.17. The van der Waals surface area contributed by atoms with E-state index >= 15 is 0 Å². The van der Waals surface area contributed by atoms with Crippen molar-refractivity contribution < 1.29 is 13.5 Å². The largest absolute Gasteiger partial charge is 0.395 e. The molecule has 0 aliphatic heterocycles. The standard InChI is InChI=1S/C11H16BrNO3S/c1-8(2)11(7-14)13-17(15,16)10-5-3-4-9(12)6-10/h3-6,8,11,13-14H,7H2,1-2H3. The molecular formula is C11H16BrNO3S. The van der Waals surface area contributed by atoms with E-state index in [1.54, 1.807) is 12.1 Å². The average molecular weight is 322 g/mol. The summed E-state index contributed by atoms with van der Waals surface area (Å²) >= 11 is 3.23. The lowest BCUT2D eigenvalue weighted by Gasteiger charge is -2.19. The van der Waals surface area contributed by atoms with Crippen molar-refractivity contribution in [3.8, 4) is 0 Å². The van der Waals surface area contributed by atoms with Gasteiger partial charge >= 0.3 is 0 Å². The Kier molecular flexibility index (Phi) is 5.12. The Labute approximate surface area is 110 Å². The molecule has 0 spiro atoms. The monoisotopic (exact) mass is 321 g/mol. The van der Waals surface area contributed by atoms with E-state index in [4.69, 9.17) is 5.11 Å². The highest BCUT2D eigenvalue weighted by molar-refractivity contribution is 9.10. The molecule has 2 N–H and O–H groups in total. The summed E-state index contributed by atoms with van der Waals surface area (Å²) < 4.78 is 27.2. The van der Waals surface area contributed by atoms with Gasteiger partial charge in [-0.2, -0.15) is 0 Å². The van der Waals surface area contributed by atoms with E-state index in [1.807, 2.05) is 13.8 Å². The molecule has 1 rings (SSSR count). The van der Waals surface area contributed by atoms with E-state index in [0.717, 1.165) is 0 Å². The maximum absolute atomic E-state index is 12.0. The molecule has 1 aromatic rings. The third kappa shape index (κ3) is 4.06. The lowest BCUT2D eigenvalue weighted by atomic mass is 10.1. The maximum Gasteiger partial charge on any atom is 0.240 e. The van der Waals surface area contributed by atoms with Crippen LogP contribution in [-0.4, -0.2) is 26.2 Å². The molecule has 1 unspecified atom stereocenters. The highest BCUT2D eigenvalue weighted by Gasteiger charge is 2.21. The number of aliphatic hydroxyl groups is 1. The molecule has 0 aliphatic carbocycles. The minimum atomic E-state index is -3.58. The number of rotatable bonds is 5. The second kappa shape index (κ2) is 5.95. The predicted octanol–water partition coefficient (Wildman–Crippen LogP) is 1.74. The fourth-order valence-electron chi connectivity index (χ4n) is 1.29. The van der Waals surface area contributed by atoms with Crippen LogP contribution in [0.4, 0.5) is 0 Å². The van der Waals surface area contributed by atoms with Gasteiger partial charge in [-0.25, -0.2) is 13.1 Å². The average Bonchev–Trinajstić information content (AvgIpc) is 2.25. The van der Waals surface area contributed by atoms with E-state index in [1.165, 1.54) is 12.1 Å². The number of hydrogen-bond acceptors (Lipinski definition) is 3. The van der Waals surface area contributed by atoms with E-state index < -0.39 is 16.1 Å². The molecule has 0 aliphatic rings. The van der Waals surface area contributed by atoms with Crippen LogP contribution >= 0.6 is 15.9 Å². The molecule has 0 fully saturated rings. The zero-order valence-corrected chi connectivity index (χ0v) is 12.1. The molecule has 96 valence electrons. The van der Waals surface area contributed by atoms with Gasteiger partial charge in [0, 0.05) is 10.5 Å². The van der Waals surface area contributed by atoms with Gasteiger partial charge in [0.1, 0.15) is 0 Å². The number of halogens is 1. The van der Waals surface area contributed by atoms with Crippen molar-refractivity contribution in [2.45, 2.75) is 24.8 Å². The molecule has 0 radical (unpaired) electrons. The fraction of sp³-hybridized carbons (Fsp3) is 0.455. The molecule has 0 saturated carbocycles. The van der Waals surface area contributed by atoms with Crippen molar-refractivity contribution in [3.63, 3.8) is 0 Å². The Bertz CT molecular complexity index is 473. The van der Waals surface area contributed by atoms with Crippen LogP contribution in [0, 0.1) is 5.92 Å². The zero-order chi connectivity index (χ0) is 13.1. The van der Waals surface area contributed by atoms with Crippen molar-refractivity contribution in [2.75, 3.05) is 6.61 Å². The van der Waals surface area contributed by atoms with Crippen LogP contribution in [0.25, 0.3) is 0 Å². The van der Waals surface area contributed by atoms with E-state index in [-0.39, 0.29) is 17.4 Å². The first-order chi connectivity index (χ1) is 7.86. The molecule has 4 nitrogen and oxygen atoms in total. The Morgan fingerprint density at radius 1 is 1.41 bits per heavy atom. The lowest BCUT2D eigenvalue weighted by Crippen LogP contribution is -2.41. The van der Waals surface area contributed by atoms with Gasteiger partial charge in [-0.05, 0) is 24.1 Å². The van der Waals surface area contributed by atoms with E-state index in [9.17, 15) is 8.42 Å². The molecule has 0 amide bonds. The molecule has 0 heterocycles. The maximum atomic E-state index is 12.0. The van der Waals surface area contributed by atoms with Gasteiger partial charge in [-0.1, -0.05) is 35.8 Å². The SMILES string of the molecule is CC(C)C(CO)NS(=O)(=O)c1cccc(Br)c1. The molecule has 0 saturated heterocycles. The lowest BCUT2D eigenvalue weighted by molar-refractivity contribution is 0.227. The zero-order valence-electron chi connectivity index (χ0n) is 9.72. The van der Waals surface area contributed by atoms with Gasteiger partial charge in [-0.3, -0.25) is 0 Å². The highest BCUT2D eigenvalue weighted by atomic mass is 79.9. The van der Waals surface area contributed by atoms with Crippen LogP contribution in [0.3, 0.4) is 0 Å². The minimum Gasteiger partial charge on any atom is -0.395 e. The fourth-order valence-corrected chi connectivity index (χ4v) is 3.26. The second-order valence-electron chi connectivity index (χ2n) is 4.11. The van der Waals surface area contributed by atoms with Crippen LogP contribution in [0.2, 0.25) is 0 Å². The molecule has 1 atom stereocenters. The summed E-state index contributed by atoms with van der Waals surface area (Å²) in [7, 11) is -3.58. The van der Waals surface area contributed by atoms with Gasteiger partial charge in [0.15, 0.2) is 0 Å². The van der Waals surface area contributed by atoms with Crippen molar-refractivity contribution >= 4 is 26.0 Å². The third-order valence-corrected chi connectivity index (χ3v) is 4.40. The molecule has 0 bridgehead atoms. The van der Waals surface area contributed by atoms with Gasteiger partial charge in [0.05, 0.1) is 11.5 Å². The first kappa shape index (κ1) is 14.6. The first-order valence-corrected chi connectivity index (χ1v) is 7.53. The smallest absolute Gasteiger partial charge is 0.240 e. The molecule has 6 heteroatoms. The number of nitrogens with one attached hydrogen (secondary N) is 1. The minimum absolute atomic E-state index is 0.0296. The van der Waals surface area contributed by atoms with Gasteiger partial charge in [0.2, 0.25) is 10.0 Å². The Hall–Kier alpha value is -0.430. The molecule has 17 heavy (non-hydrogen) atoms. The Balaban J connectivity index is 2.96. The Morgan fingerprint density at radius 3 is 2.53 bits per heavy atom. The normalized spacial score (nSPS) is 13.9. The third-order valence-electron chi connectivity index (χ3n) is 2.41. The number of hydrogen-bond donors (Lipinski definition) is 2. The van der Waals surface area contributed by atoms with Crippen LogP contribution in [0.5, 0.6) is 0 Å². The van der Waals surface area contributed by atoms with Crippen LogP contribution in [0.15, 0.2) is 33.6 Å². The summed E-state index contributed by atoms with van der Waals surface area (Å²) in [5, 5.41) is 9.13. The molecular weight excluding hydrogens is 306 g/mol. The van der Waals surface area contributed by atoms with Crippen LogP contribution in [0.1, 0.15) is 13.8 Å². The number of benzene rings is 1. The summed E-state index contributed by atoms with van der Waals surface area (Å²) in [5.41, 5.74) is 0. The van der Waals surface area contributed by atoms with E-state index in [0.29, 0.717) is 4.47 Å². The molecule has 1 aromatic carbocycles. The Morgan fingerprint density at radius 2 is 2.06 bits per heavy atom. The van der Waals surface area contributed by atoms with Crippen molar-refractivity contribution in [1.29, 1.82) is 0 Å². The van der Waals surface area contributed by atoms with Crippen LogP contribution < -0.4 is 4.72 Å². The predicted molar refractivity (Wildman–Crippen MR) is 70.2 cm³/mol. The summed E-state index contributed by atoms with van der Waals surface area (Å²) in [6.07, 6.45) is 0.